The van der Waals surface area contributed by atoms with Crippen LogP contribution in [0.4, 0.5) is 33.4 Å². The number of nitrogens with zero attached hydrogens (tertiary/aromatic N) is 2. The highest BCUT2D eigenvalue weighted by Crippen LogP contribution is 2.53. The molecule has 0 saturated heterocycles. The van der Waals surface area contributed by atoms with Crippen molar-refractivity contribution in [2.45, 2.75) is 118 Å². The Kier molecular flexibility index (Phi) is 8.62. The minimum absolute atomic E-state index is 0.00604. The molecule has 1 aliphatic carbocycles. The summed E-state index contributed by atoms with van der Waals surface area (Å²) in [5.74, 6) is 0. The number of anilines is 6. The van der Waals surface area contributed by atoms with Gasteiger partial charge >= 0.3 is 0 Å². The van der Waals surface area contributed by atoms with Crippen molar-refractivity contribution in [2.24, 2.45) is 0 Å². The Balaban J connectivity index is 1.34. The van der Waals surface area contributed by atoms with Gasteiger partial charge in [-0.1, -0.05) is 142 Å². The van der Waals surface area contributed by atoms with Crippen LogP contribution in [-0.2, 0) is 21.7 Å². The van der Waals surface area contributed by atoms with Crippen molar-refractivity contribution in [3.63, 3.8) is 0 Å². The van der Waals surface area contributed by atoms with Gasteiger partial charge in [0.25, 0.3) is 6.71 Å². The van der Waals surface area contributed by atoms with Gasteiger partial charge in [0.1, 0.15) is 0 Å². The number of aryl methyl sites for hydroxylation is 2. The van der Waals surface area contributed by atoms with Crippen molar-refractivity contribution < 1.29 is 0 Å². The van der Waals surface area contributed by atoms with Crippen LogP contribution in [0.3, 0.4) is 0 Å². The number of fused-ring (bicyclic) bond motifs is 7. The van der Waals surface area contributed by atoms with Gasteiger partial charge in [0, 0.05) is 33.0 Å². The molecule has 3 heterocycles. The van der Waals surface area contributed by atoms with E-state index in [1.807, 2.05) is 11.3 Å². The Morgan fingerprint density at radius 2 is 1.17 bits per heavy atom. The third-order valence-electron chi connectivity index (χ3n) is 14.1. The van der Waals surface area contributed by atoms with Crippen LogP contribution >= 0.6 is 11.3 Å². The van der Waals surface area contributed by atoms with Crippen molar-refractivity contribution in [1.29, 1.82) is 0 Å². The van der Waals surface area contributed by atoms with Gasteiger partial charge in [0.15, 0.2) is 0 Å². The number of hydrogen-bond donors (Lipinski definition) is 0. The van der Waals surface area contributed by atoms with E-state index in [4.69, 9.17) is 0 Å². The zero-order valence-corrected chi connectivity index (χ0v) is 38.6. The molecule has 2 aliphatic heterocycles. The average Bonchev–Trinajstić information content (AvgIpc) is 3.56. The van der Waals surface area contributed by atoms with Gasteiger partial charge in [-0.25, -0.2) is 0 Å². The number of thiophene rings is 1. The summed E-state index contributed by atoms with van der Waals surface area (Å²) < 4.78 is 1.34. The number of rotatable bonds is 3. The van der Waals surface area contributed by atoms with Gasteiger partial charge in [-0.05, 0) is 152 Å². The van der Waals surface area contributed by atoms with E-state index in [2.05, 4.69) is 208 Å². The Bertz CT molecular complexity index is 2860. The zero-order chi connectivity index (χ0) is 42.3. The molecule has 0 spiro atoms. The highest BCUT2D eigenvalue weighted by atomic mass is 32.1. The first-order valence-electron chi connectivity index (χ1n) is 22.1. The van der Waals surface area contributed by atoms with Crippen molar-refractivity contribution in [3.8, 4) is 11.1 Å². The smallest absolute Gasteiger partial charge is 0.254 e. The molecule has 0 unspecified atom stereocenters. The fourth-order valence-corrected chi connectivity index (χ4v) is 11.8. The van der Waals surface area contributed by atoms with E-state index < -0.39 is 0 Å². The molecule has 0 amide bonds. The summed E-state index contributed by atoms with van der Waals surface area (Å²) in [6.07, 6.45) is 2.36. The summed E-state index contributed by atoms with van der Waals surface area (Å²) in [7, 11) is 0. The Hall–Kier alpha value is -5.06. The maximum absolute atomic E-state index is 2.67. The Morgan fingerprint density at radius 1 is 0.550 bits per heavy atom. The minimum Gasteiger partial charge on any atom is -0.311 e. The van der Waals surface area contributed by atoms with E-state index in [0.717, 1.165) is 0 Å². The molecule has 4 heteroatoms. The third-order valence-corrected chi connectivity index (χ3v) is 15.3. The summed E-state index contributed by atoms with van der Waals surface area (Å²) >= 11 is 1.96. The van der Waals surface area contributed by atoms with E-state index in [1.165, 1.54) is 117 Å². The van der Waals surface area contributed by atoms with Gasteiger partial charge in [-0.15, -0.1) is 11.3 Å². The second-order valence-corrected chi connectivity index (χ2v) is 22.5. The molecule has 0 saturated carbocycles. The number of benzene rings is 6. The second kappa shape index (κ2) is 13.2. The molecular weight excluding hydrogens is 744 g/mol. The van der Waals surface area contributed by atoms with Crippen LogP contribution in [0.5, 0.6) is 0 Å². The normalized spacial score (nSPS) is 16.4. The molecule has 0 bridgehead atoms. The lowest BCUT2D eigenvalue weighted by Gasteiger charge is -2.47. The summed E-state index contributed by atoms with van der Waals surface area (Å²) in [5, 5.41) is 2.71. The van der Waals surface area contributed by atoms with E-state index in [0.29, 0.717) is 0 Å². The standard InChI is InChI=1S/C56H59BN2S/c1-34-18-25-49-41(28-34)50-52(60-49)59(45-24-21-38(54(6,7)8)31-40(45)36-16-14-13-15-17-36)48-30-35(2)29-47-51(48)57(50)44-32-42-43(56(11,12)27-26-55(42,9)10)33-46(44)58(47)39-22-19-37(20-23-39)53(3,4)5/h13-25,28-33H,26-27H2,1-12H3. The molecule has 0 radical (unpaired) electrons. The van der Waals surface area contributed by atoms with E-state index in [9.17, 15) is 0 Å². The van der Waals surface area contributed by atoms with Crippen molar-refractivity contribution in [2.75, 3.05) is 9.80 Å². The molecule has 0 fully saturated rings. The summed E-state index contributed by atoms with van der Waals surface area (Å²) in [6, 6.07) is 45.2. The lowest BCUT2D eigenvalue weighted by atomic mass is 9.33. The number of hydrogen-bond acceptors (Lipinski definition) is 3. The summed E-state index contributed by atoms with van der Waals surface area (Å²) in [4.78, 5) is 5.29. The molecule has 2 nitrogen and oxygen atoms in total. The first-order valence-corrected chi connectivity index (χ1v) is 22.9. The lowest BCUT2D eigenvalue weighted by molar-refractivity contribution is 0.332. The van der Waals surface area contributed by atoms with Crippen LogP contribution in [-0.4, -0.2) is 6.71 Å². The molecule has 3 aliphatic rings. The van der Waals surface area contributed by atoms with Crippen molar-refractivity contribution >= 4 is 78.0 Å². The van der Waals surface area contributed by atoms with Gasteiger partial charge in [0.2, 0.25) is 0 Å². The quantitative estimate of drug-likeness (QED) is 0.164. The molecule has 0 N–H and O–H groups in total. The van der Waals surface area contributed by atoms with Gasteiger partial charge in [-0.3, -0.25) is 0 Å². The Labute approximate surface area is 363 Å². The predicted octanol–water partition coefficient (Wildman–Crippen LogP) is 14.2. The maximum atomic E-state index is 2.67. The van der Waals surface area contributed by atoms with E-state index in [1.54, 1.807) is 0 Å². The fraction of sp³-hybridized carbons (Fsp3) is 0.321. The molecule has 1 aromatic heterocycles. The first kappa shape index (κ1) is 39.1. The lowest BCUT2D eigenvalue weighted by Crippen LogP contribution is -2.61. The van der Waals surface area contributed by atoms with Gasteiger partial charge < -0.3 is 9.80 Å². The summed E-state index contributed by atoms with van der Waals surface area (Å²) in [6.45, 7) is 28.4. The third kappa shape index (κ3) is 6.03. The van der Waals surface area contributed by atoms with Crippen LogP contribution in [0.2, 0.25) is 0 Å². The molecule has 0 atom stereocenters. The summed E-state index contributed by atoms with van der Waals surface area (Å²) in [5.41, 5.74) is 21.6. The SMILES string of the molecule is Cc1cc2c3c(c1)N(c1ccc(C(C)(C)C)cc1-c1ccccc1)c1sc4ccc(C)cc4c1B3c1cc3c(cc1N2c1ccc(C(C)(C)C)cc1)C(C)(C)CCC3(C)C. The largest absolute Gasteiger partial charge is 0.311 e. The highest BCUT2D eigenvalue weighted by Gasteiger charge is 2.48. The van der Waals surface area contributed by atoms with Crippen LogP contribution in [0.25, 0.3) is 21.2 Å². The molecule has 10 rings (SSSR count). The molecule has 7 aromatic rings. The fourth-order valence-electron chi connectivity index (χ4n) is 10.5. The average molecular weight is 803 g/mol. The first-order chi connectivity index (χ1) is 28.3. The zero-order valence-electron chi connectivity index (χ0n) is 37.8. The maximum Gasteiger partial charge on any atom is 0.254 e. The van der Waals surface area contributed by atoms with Crippen molar-refractivity contribution in [1.82, 2.24) is 0 Å². The van der Waals surface area contributed by atoms with Gasteiger partial charge in [0.05, 0.1) is 10.7 Å². The minimum atomic E-state index is 0.00604. The second-order valence-electron chi connectivity index (χ2n) is 21.5. The van der Waals surface area contributed by atoms with Gasteiger partial charge in [-0.2, -0.15) is 0 Å². The van der Waals surface area contributed by atoms with Crippen molar-refractivity contribution in [3.05, 3.63) is 149 Å². The molecule has 6 aromatic carbocycles. The topological polar surface area (TPSA) is 6.48 Å². The predicted molar refractivity (Wildman–Crippen MR) is 263 cm³/mol. The van der Waals surface area contributed by atoms with E-state index >= 15 is 0 Å². The molecule has 302 valence electrons. The van der Waals surface area contributed by atoms with Crippen LogP contribution < -0.4 is 26.2 Å². The molecule has 60 heavy (non-hydrogen) atoms. The van der Waals surface area contributed by atoms with Crippen LogP contribution in [0, 0.1) is 13.8 Å². The van der Waals surface area contributed by atoms with Crippen LogP contribution in [0.1, 0.15) is 115 Å². The van der Waals surface area contributed by atoms with E-state index in [-0.39, 0.29) is 28.4 Å². The highest BCUT2D eigenvalue weighted by molar-refractivity contribution is 7.26. The Morgan fingerprint density at radius 3 is 1.82 bits per heavy atom. The van der Waals surface area contributed by atoms with Crippen LogP contribution in [0.15, 0.2) is 115 Å². The monoisotopic (exact) mass is 802 g/mol. The molecular formula is C56H59BN2S.